The second-order valence-corrected chi connectivity index (χ2v) is 4.09. The number of methoxy groups -OCH3 is 1. The van der Waals surface area contributed by atoms with Crippen LogP contribution in [0.5, 0.6) is 5.75 Å². The predicted octanol–water partition coefficient (Wildman–Crippen LogP) is 2.20. The highest BCUT2D eigenvalue weighted by atomic mass is 16.5. The van der Waals surface area contributed by atoms with E-state index in [-0.39, 0.29) is 11.9 Å². The summed E-state index contributed by atoms with van der Waals surface area (Å²) in [5.74, 6) is 0.295. The van der Waals surface area contributed by atoms with Gasteiger partial charge in [-0.25, -0.2) is 0 Å². The summed E-state index contributed by atoms with van der Waals surface area (Å²) in [5, 5.41) is 2.92. The fraction of sp³-hybridized carbons (Fsp3) is 0.462. The number of benzene rings is 1. The Bertz CT molecular complexity index is 391. The van der Waals surface area contributed by atoms with Gasteiger partial charge in [0.25, 0.3) is 5.91 Å². The van der Waals surface area contributed by atoms with Crippen molar-refractivity contribution in [1.29, 1.82) is 0 Å². The molecule has 17 heavy (non-hydrogen) atoms. The summed E-state index contributed by atoms with van der Waals surface area (Å²) in [7, 11) is 1.51. The van der Waals surface area contributed by atoms with E-state index in [0.717, 1.165) is 12.8 Å². The van der Waals surface area contributed by atoms with E-state index in [1.807, 2.05) is 6.92 Å². The Kier molecular flexibility index (Phi) is 4.82. The Balaban J connectivity index is 2.85. The molecule has 94 valence electrons. The zero-order valence-electron chi connectivity index (χ0n) is 10.6. The summed E-state index contributed by atoms with van der Waals surface area (Å²) in [6, 6.07) is 5.32. The van der Waals surface area contributed by atoms with Crippen LogP contribution in [0.4, 0.5) is 5.69 Å². The first kappa shape index (κ1) is 13.4. The van der Waals surface area contributed by atoms with Crippen LogP contribution in [0.2, 0.25) is 0 Å². The quantitative estimate of drug-likeness (QED) is 0.770. The van der Waals surface area contributed by atoms with Gasteiger partial charge in [0, 0.05) is 6.04 Å². The smallest absolute Gasteiger partial charge is 0.255 e. The van der Waals surface area contributed by atoms with Crippen molar-refractivity contribution in [3.8, 4) is 5.75 Å². The van der Waals surface area contributed by atoms with Gasteiger partial charge in [-0.15, -0.1) is 0 Å². The van der Waals surface area contributed by atoms with Gasteiger partial charge in [0.15, 0.2) is 5.75 Å². The summed E-state index contributed by atoms with van der Waals surface area (Å²) in [5.41, 5.74) is 6.71. The molecule has 0 aliphatic heterocycles. The first-order valence-corrected chi connectivity index (χ1v) is 5.83. The first-order valence-electron chi connectivity index (χ1n) is 5.83. The minimum absolute atomic E-state index is 0.143. The monoisotopic (exact) mass is 236 g/mol. The lowest BCUT2D eigenvalue weighted by atomic mass is 10.1. The van der Waals surface area contributed by atoms with Gasteiger partial charge in [-0.3, -0.25) is 4.79 Å². The number of rotatable bonds is 5. The highest BCUT2D eigenvalue weighted by Crippen LogP contribution is 2.25. The number of carbonyl (C=O) groups is 1. The van der Waals surface area contributed by atoms with Crippen LogP contribution in [0.25, 0.3) is 0 Å². The van der Waals surface area contributed by atoms with Gasteiger partial charge in [-0.2, -0.15) is 0 Å². The minimum atomic E-state index is -0.143. The van der Waals surface area contributed by atoms with Crippen LogP contribution in [0.1, 0.15) is 37.0 Å². The van der Waals surface area contributed by atoms with Crippen LogP contribution < -0.4 is 15.8 Å². The molecule has 0 heterocycles. The molecule has 3 N–H and O–H groups in total. The normalized spacial score (nSPS) is 11.9. The summed E-state index contributed by atoms with van der Waals surface area (Å²) >= 11 is 0. The van der Waals surface area contributed by atoms with Gasteiger partial charge in [-0.1, -0.05) is 19.4 Å². The third kappa shape index (κ3) is 3.37. The molecule has 1 rings (SSSR count). The van der Waals surface area contributed by atoms with Crippen molar-refractivity contribution >= 4 is 11.6 Å². The van der Waals surface area contributed by atoms with E-state index < -0.39 is 0 Å². The number of nitrogens with one attached hydrogen (secondary N) is 1. The SMILES string of the molecule is CCCC(C)NC(=O)c1cccc(N)c1OC. The van der Waals surface area contributed by atoms with Crippen molar-refractivity contribution in [1.82, 2.24) is 5.32 Å². The molecule has 0 fully saturated rings. The van der Waals surface area contributed by atoms with Crippen LogP contribution in [0, 0.1) is 0 Å². The number of ether oxygens (including phenoxy) is 1. The van der Waals surface area contributed by atoms with Gasteiger partial charge >= 0.3 is 0 Å². The van der Waals surface area contributed by atoms with Crippen molar-refractivity contribution < 1.29 is 9.53 Å². The Morgan fingerprint density at radius 1 is 1.53 bits per heavy atom. The molecular weight excluding hydrogens is 216 g/mol. The molecule has 1 aromatic rings. The molecule has 0 saturated carbocycles. The van der Waals surface area contributed by atoms with Crippen LogP contribution in [0.3, 0.4) is 0 Å². The van der Waals surface area contributed by atoms with E-state index >= 15 is 0 Å². The maximum absolute atomic E-state index is 12.0. The van der Waals surface area contributed by atoms with E-state index in [1.165, 1.54) is 7.11 Å². The standard InChI is InChI=1S/C13H20N2O2/c1-4-6-9(2)15-13(16)10-7-5-8-11(14)12(10)17-3/h5,7-9H,4,6,14H2,1-3H3,(H,15,16). The summed E-state index contributed by atoms with van der Waals surface area (Å²) in [6.07, 6.45) is 1.99. The highest BCUT2D eigenvalue weighted by Gasteiger charge is 2.15. The molecule has 4 nitrogen and oxygen atoms in total. The van der Waals surface area contributed by atoms with E-state index in [1.54, 1.807) is 18.2 Å². The molecule has 1 atom stereocenters. The Hall–Kier alpha value is -1.71. The van der Waals surface area contributed by atoms with Gasteiger partial charge in [-0.05, 0) is 25.5 Å². The van der Waals surface area contributed by atoms with Crippen molar-refractivity contribution in [2.75, 3.05) is 12.8 Å². The average Bonchev–Trinajstić information content (AvgIpc) is 2.28. The Morgan fingerprint density at radius 2 is 2.24 bits per heavy atom. The fourth-order valence-corrected chi connectivity index (χ4v) is 1.77. The first-order chi connectivity index (χ1) is 8.10. The third-order valence-corrected chi connectivity index (χ3v) is 2.59. The van der Waals surface area contributed by atoms with E-state index in [4.69, 9.17) is 10.5 Å². The molecule has 1 aromatic carbocycles. The number of nitrogen functional groups attached to an aromatic ring is 1. The van der Waals surface area contributed by atoms with E-state index in [9.17, 15) is 4.79 Å². The molecule has 0 spiro atoms. The van der Waals surface area contributed by atoms with E-state index in [0.29, 0.717) is 17.0 Å². The number of hydrogen-bond acceptors (Lipinski definition) is 3. The largest absolute Gasteiger partial charge is 0.494 e. The third-order valence-electron chi connectivity index (χ3n) is 2.59. The zero-order chi connectivity index (χ0) is 12.8. The fourth-order valence-electron chi connectivity index (χ4n) is 1.77. The van der Waals surface area contributed by atoms with E-state index in [2.05, 4.69) is 12.2 Å². The zero-order valence-corrected chi connectivity index (χ0v) is 10.6. The number of nitrogens with two attached hydrogens (primary N) is 1. The molecule has 0 aliphatic carbocycles. The van der Waals surface area contributed by atoms with Crippen LogP contribution in [0.15, 0.2) is 18.2 Å². The van der Waals surface area contributed by atoms with Gasteiger partial charge in [0.1, 0.15) is 0 Å². The summed E-state index contributed by atoms with van der Waals surface area (Å²) in [4.78, 5) is 12.0. The van der Waals surface area contributed by atoms with Crippen LogP contribution in [-0.2, 0) is 0 Å². The molecule has 0 aliphatic rings. The molecule has 1 unspecified atom stereocenters. The maximum atomic E-state index is 12.0. The molecule has 0 radical (unpaired) electrons. The van der Waals surface area contributed by atoms with Gasteiger partial charge in [0.2, 0.25) is 0 Å². The lowest BCUT2D eigenvalue weighted by Gasteiger charge is -2.15. The van der Waals surface area contributed by atoms with Gasteiger partial charge < -0.3 is 15.8 Å². The summed E-state index contributed by atoms with van der Waals surface area (Å²) in [6.45, 7) is 4.07. The Morgan fingerprint density at radius 3 is 2.82 bits per heavy atom. The second kappa shape index (κ2) is 6.13. The predicted molar refractivity (Wildman–Crippen MR) is 69.2 cm³/mol. The molecule has 4 heteroatoms. The number of para-hydroxylation sites is 1. The Labute approximate surface area is 102 Å². The van der Waals surface area contributed by atoms with Crippen molar-refractivity contribution in [2.24, 2.45) is 0 Å². The molecule has 0 bridgehead atoms. The second-order valence-electron chi connectivity index (χ2n) is 4.09. The number of hydrogen-bond donors (Lipinski definition) is 2. The summed E-state index contributed by atoms with van der Waals surface area (Å²) < 4.78 is 5.15. The lowest BCUT2D eigenvalue weighted by molar-refractivity contribution is 0.0935. The molecule has 1 amide bonds. The lowest BCUT2D eigenvalue weighted by Crippen LogP contribution is -2.32. The number of anilines is 1. The van der Waals surface area contributed by atoms with Crippen LogP contribution >= 0.6 is 0 Å². The van der Waals surface area contributed by atoms with Crippen molar-refractivity contribution in [3.05, 3.63) is 23.8 Å². The maximum Gasteiger partial charge on any atom is 0.255 e. The number of amides is 1. The molecule has 0 saturated heterocycles. The minimum Gasteiger partial charge on any atom is -0.494 e. The van der Waals surface area contributed by atoms with Gasteiger partial charge in [0.05, 0.1) is 18.4 Å². The molecule has 0 aromatic heterocycles. The van der Waals surface area contributed by atoms with Crippen molar-refractivity contribution in [3.63, 3.8) is 0 Å². The highest BCUT2D eigenvalue weighted by molar-refractivity contribution is 5.98. The number of carbonyl (C=O) groups excluding carboxylic acids is 1. The molecular formula is C13H20N2O2. The van der Waals surface area contributed by atoms with Crippen LogP contribution in [-0.4, -0.2) is 19.1 Å². The average molecular weight is 236 g/mol. The van der Waals surface area contributed by atoms with Crippen molar-refractivity contribution in [2.45, 2.75) is 32.7 Å². The topological polar surface area (TPSA) is 64.4 Å².